The summed E-state index contributed by atoms with van der Waals surface area (Å²) in [6, 6.07) is 0. The number of Topliss-reactive ketones (excluding diaryl/α,β-unsaturated/α-hetero) is 1. The van der Waals surface area contributed by atoms with E-state index in [0.717, 1.165) is 6.92 Å². The van der Waals surface area contributed by atoms with Crippen molar-refractivity contribution in [3.05, 3.63) is 16.7 Å². The summed E-state index contributed by atoms with van der Waals surface area (Å²) < 4.78 is 6.62. The molecule has 23 heavy (non-hydrogen) atoms. The predicted octanol–water partition coefficient (Wildman–Crippen LogP) is -2.73. The molecule has 1 aliphatic rings. The van der Waals surface area contributed by atoms with Gasteiger partial charge < -0.3 is 25.8 Å². The van der Waals surface area contributed by atoms with Gasteiger partial charge in [-0.1, -0.05) is 0 Å². The van der Waals surface area contributed by atoms with Crippen molar-refractivity contribution in [1.29, 1.82) is 0 Å². The van der Waals surface area contributed by atoms with Gasteiger partial charge in [0.1, 0.15) is 12.2 Å². The van der Waals surface area contributed by atoms with Crippen molar-refractivity contribution in [1.82, 2.24) is 19.5 Å². The molecule has 0 aliphatic carbocycles. The second kappa shape index (κ2) is 5.09. The number of nitrogen functional groups attached to an aromatic ring is 1. The first-order chi connectivity index (χ1) is 10.8. The van der Waals surface area contributed by atoms with Gasteiger partial charge in [0.15, 0.2) is 28.8 Å². The van der Waals surface area contributed by atoms with Crippen LogP contribution in [0.3, 0.4) is 0 Å². The Morgan fingerprint density at radius 2 is 2.26 bits per heavy atom. The number of fused-ring (bicyclic) bond motifs is 1. The average molecular weight is 325 g/mol. The van der Waals surface area contributed by atoms with Crippen molar-refractivity contribution >= 4 is 22.9 Å². The molecule has 0 radical (unpaired) electrons. The number of carbonyl (C=O) groups excluding carboxylic acids is 1. The molecular weight excluding hydrogens is 310 g/mol. The van der Waals surface area contributed by atoms with E-state index in [0.29, 0.717) is 0 Å². The zero-order valence-electron chi connectivity index (χ0n) is 12.0. The molecule has 3 heterocycles. The monoisotopic (exact) mass is 325 g/mol. The topological polar surface area (TPSA) is 177 Å². The van der Waals surface area contributed by atoms with Crippen LogP contribution >= 0.6 is 0 Å². The lowest BCUT2D eigenvalue weighted by atomic mass is 9.92. The minimum Gasteiger partial charge on any atom is -0.393 e. The van der Waals surface area contributed by atoms with Gasteiger partial charge in [-0.25, -0.2) is 4.98 Å². The number of aromatic nitrogens is 4. The number of nitrogens with two attached hydrogens (primary N) is 1. The van der Waals surface area contributed by atoms with Crippen molar-refractivity contribution in [3.8, 4) is 0 Å². The maximum absolute atomic E-state index is 11.8. The van der Waals surface area contributed by atoms with Crippen molar-refractivity contribution in [3.63, 3.8) is 0 Å². The van der Waals surface area contributed by atoms with Crippen LogP contribution in [0.25, 0.3) is 11.2 Å². The van der Waals surface area contributed by atoms with Crippen molar-refractivity contribution in [2.45, 2.75) is 31.0 Å². The first kappa shape index (κ1) is 15.6. The molecule has 0 amide bonds. The van der Waals surface area contributed by atoms with Gasteiger partial charge in [-0.3, -0.25) is 19.1 Å². The van der Waals surface area contributed by atoms with Gasteiger partial charge in [0.2, 0.25) is 5.95 Å². The first-order valence-electron chi connectivity index (χ1n) is 6.70. The lowest BCUT2D eigenvalue weighted by Crippen LogP contribution is -2.51. The zero-order chi connectivity index (χ0) is 16.9. The van der Waals surface area contributed by atoms with Crippen molar-refractivity contribution in [2.24, 2.45) is 0 Å². The van der Waals surface area contributed by atoms with E-state index in [4.69, 9.17) is 10.5 Å². The summed E-state index contributed by atoms with van der Waals surface area (Å²) in [5.74, 6) is -0.818. The van der Waals surface area contributed by atoms with Gasteiger partial charge in [0.25, 0.3) is 5.56 Å². The molecule has 4 atom stereocenters. The number of aliphatic hydroxyl groups is 3. The van der Waals surface area contributed by atoms with Crippen LogP contribution in [0.15, 0.2) is 11.1 Å². The number of ketones is 1. The first-order valence-corrected chi connectivity index (χ1v) is 6.70. The highest BCUT2D eigenvalue weighted by atomic mass is 16.6. The van der Waals surface area contributed by atoms with Crippen LogP contribution in [0.2, 0.25) is 0 Å². The van der Waals surface area contributed by atoms with Crippen molar-refractivity contribution in [2.75, 3.05) is 12.3 Å². The van der Waals surface area contributed by atoms with Crippen LogP contribution in [0.5, 0.6) is 0 Å². The van der Waals surface area contributed by atoms with Crippen LogP contribution in [0.1, 0.15) is 13.2 Å². The number of hydrogen-bond donors (Lipinski definition) is 5. The van der Waals surface area contributed by atoms with Gasteiger partial charge in [0, 0.05) is 0 Å². The molecule has 0 aromatic carbocycles. The summed E-state index contributed by atoms with van der Waals surface area (Å²) in [4.78, 5) is 33.6. The number of hydrogen-bond acceptors (Lipinski definition) is 9. The third-order valence-corrected chi connectivity index (χ3v) is 3.98. The summed E-state index contributed by atoms with van der Waals surface area (Å²) in [6.07, 6.45) is -3.32. The molecule has 11 heteroatoms. The summed E-state index contributed by atoms with van der Waals surface area (Å²) in [6.45, 7) is 0.307. The Balaban J connectivity index is 2.13. The van der Waals surface area contributed by atoms with E-state index in [1.54, 1.807) is 0 Å². The minimum absolute atomic E-state index is 0.0137. The Morgan fingerprint density at radius 3 is 2.83 bits per heavy atom. The Kier molecular flexibility index (Phi) is 3.44. The lowest BCUT2D eigenvalue weighted by Gasteiger charge is -2.26. The predicted molar refractivity (Wildman–Crippen MR) is 75.2 cm³/mol. The Labute approximate surface area is 128 Å². The SMILES string of the molecule is CC(=O)[C@]1(CO)O[C@@H](n2cnc3c(=O)[nH]c(N)nc32)[C@H](O)[C@@H]1O. The van der Waals surface area contributed by atoms with E-state index in [1.807, 2.05) is 0 Å². The fourth-order valence-corrected chi connectivity index (χ4v) is 2.67. The average Bonchev–Trinajstić information content (AvgIpc) is 3.01. The number of imidazole rings is 1. The van der Waals surface area contributed by atoms with Crippen LogP contribution < -0.4 is 11.3 Å². The molecule has 1 fully saturated rings. The standard InChI is InChI=1S/C12H15N5O6/c1-4(19)12(2-18)7(21)6(20)10(23-12)17-3-14-5-8(17)15-11(13)16-9(5)22/h3,6-7,10,18,20-21H,2H2,1H3,(H3,13,15,16,22)/t6-,7+,10-,12+/m1/s1. The lowest BCUT2D eigenvalue weighted by molar-refractivity contribution is -0.161. The molecule has 0 unspecified atom stereocenters. The van der Waals surface area contributed by atoms with Gasteiger partial charge in [-0.05, 0) is 6.92 Å². The molecule has 124 valence electrons. The fourth-order valence-electron chi connectivity index (χ4n) is 2.67. The number of anilines is 1. The minimum atomic E-state index is -1.96. The fraction of sp³-hybridized carbons (Fsp3) is 0.500. The number of nitrogens with one attached hydrogen (secondary N) is 1. The number of carbonyl (C=O) groups is 1. The molecule has 11 nitrogen and oxygen atoms in total. The largest absolute Gasteiger partial charge is 0.393 e. The highest BCUT2D eigenvalue weighted by Gasteiger charge is 2.58. The second-order valence-electron chi connectivity index (χ2n) is 5.32. The molecule has 1 aliphatic heterocycles. The smallest absolute Gasteiger partial charge is 0.280 e. The van der Waals surface area contributed by atoms with E-state index in [1.165, 1.54) is 10.9 Å². The van der Waals surface area contributed by atoms with E-state index >= 15 is 0 Å². The Hall–Kier alpha value is -2.34. The number of aromatic amines is 1. The number of rotatable bonds is 3. The highest BCUT2D eigenvalue weighted by molar-refractivity contribution is 5.86. The normalized spacial score (nSPS) is 30.9. The van der Waals surface area contributed by atoms with E-state index < -0.39 is 42.0 Å². The molecule has 0 spiro atoms. The quantitative estimate of drug-likeness (QED) is 0.401. The molecule has 1 saturated heterocycles. The number of H-pyrrole nitrogens is 1. The second-order valence-corrected chi connectivity index (χ2v) is 5.32. The van der Waals surface area contributed by atoms with Crippen LogP contribution in [0, 0.1) is 0 Å². The zero-order valence-corrected chi connectivity index (χ0v) is 12.0. The third kappa shape index (κ3) is 2.05. The van der Waals surface area contributed by atoms with Gasteiger partial charge in [-0.15, -0.1) is 0 Å². The Morgan fingerprint density at radius 1 is 1.57 bits per heavy atom. The molecule has 2 aromatic rings. The number of aliphatic hydroxyl groups excluding tert-OH is 3. The maximum atomic E-state index is 11.8. The number of ether oxygens (including phenoxy) is 1. The van der Waals surface area contributed by atoms with Crippen LogP contribution in [-0.2, 0) is 9.53 Å². The molecule has 0 saturated carbocycles. The van der Waals surface area contributed by atoms with E-state index in [2.05, 4.69) is 15.0 Å². The highest BCUT2D eigenvalue weighted by Crippen LogP contribution is 2.38. The molecule has 6 N–H and O–H groups in total. The summed E-state index contributed by atoms with van der Waals surface area (Å²) in [5, 5.41) is 29.8. The molecule has 0 bridgehead atoms. The van der Waals surface area contributed by atoms with E-state index in [-0.39, 0.29) is 17.1 Å². The van der Waals surface area contributed by atoms with Gasteiger partial charge in [0.05, 0.1) is 12.9 Å². The van der Waals surface area contributed by atoms with Crippen molar-refractivity contribution < 1.29 is 24.9 Å². The Bertz CT molecular complexity index is 831. The van der Waals surface area contributed by atoms with Crippen LogP contribution in [0.4, 0.5) is 5.95 Å². The molecule has 2 aromatic heterocycles. The van der Waals surface area contributed by atoms with Gasteiger partial charge in [-0.2, -0.15) is 4.98 Å². The van der Waals surface area contributed by atoms with Gasteiger partial charge >= 0.3 is 0 Å². The third-order valence-electron chi connectivity index (χ3n) is 3.98. The van der Waals surface area contributed by atoms with E-state index in [9.17, 15) is 24.9 Å². The number of nitrogens with zero attached hydrogens (tertiary/aromatic N) is 3. The molecular formula is C12H15N5O6. The molecule has 3 rings (SSSR count). The summed E-state index contributed by atoms with van der Waals surface area (Å²) in [5.41, 5.74) is 2.90. The summed E-state index contributed by atoms with van der Waals surface area (Å²) in [7, 11) is 0. The van der Waals surface area contributed by atoms with Crippen LogP contribution in [-0.4, -0.2) is 65.0 Å². The maximum Gasteiger partial charge on any atom is 0.280 e. The summed E-state index contributed by atoms with van der Waals surface area (Å²) >= 11 is 0.